The van der Waals surface area contributed by atoms with E-state index >= 15 is 0 Å². The van der Waals surface area contributed by atoms with Gasteiger partial charge in [-0.05, 0) is 58.9 Å². The number of benzene rings is 1. The minimum atomic E-state index is -4.35. The fourth-order valence-electron chi connectivity index (χ4n) is 4.51. The van der Waals surface area contributed by atoms with Crippen LogP contribution in [-0.4, -0.2) is 70.1 Å². The number of piperazine rings is 1. The summed E-state index contributed by atoms with van der Waals surface area (Å²) >= 11 is 0. The second-order valence-corrected chi connectivity index (χ2v) is 9.60. The number of allylic oxidation sites excluding steroid dienone is 1. The van der Waals surface area contributed by atoms with Crippen LogP contribution in [0.1, 0.15) is 45.7 Å². The number of nitrogens with one attached hydrogen (secondary N) is 1. The molecule has 0 aromatic heterocycles. The predicted octanol–water partition coefficient (Wildman–Crippen LogP) is 2.93. The van der Waals surface area contributed by atoms with E-state index in [9.17, 15) is 18.3 Å². The van der Waals surface area contributed by atoms with Crippen molar-refractivity contribution < 1.29 is 18.3 Å². The van der Waals surface area contributed by atoms with Crippen LogP contribution in [0.15, 0.2) is 52.3 Å². The molecule has 1 aromatic rings. The van der Waals surface area contributed by atoms with Gasteiger partial charge in [0.2, 0.25) is 5.71 Å². The minimum absolute atomic E-state index is 0.192. The van der Waals surface area contributed by atoms with Gasteiger partial charge < -0.3 is 15.3 Å². The van der Waals surface area contributed by atoms with E-state index in [4.69, 9.17) is 4.67 Å². The number of alkyl halides is 3. The summed E-state index contributed by atoms with van der Waals surface area (Å²) in [7, 11) is 0. The van der Waals surface area contributed by atoms with E-state index in [0.29, 0.717) is 17.8 Å². The third-order valence-electron chi connectivity index (χ3n) is 6.65. The fourth-order valence-corrected chi connectivity index (χ4v) is 4.51. The Morgan fingerprint density at radius 2 is 1.76 bits per heavy atom. The summed E-state index contributed by atoms with van der Waals surface area (Å²) in [5.41, 5.74) is 2.52. The first-order valence-electron chi connectivity index (χ1n) is 11.4. The van der Waals surface area contributed by atoms with Crippen LogP contribution < -0.4 is 9.98 Å². The van der Waals surface area contributed by atoms with Gasteiger partial charge in [0.15, 0.2) is 0 Å². The molecule has 0 aliphatic carbocycles. The lowest BCUT2D eigenvalue weighted by Crippen LogP contribution is -2.57. The van der Waals surface area contributed by atoms with Gasteiger partial charge in [0.25, 0.3) is 0 Å². The zero-order chi connectivity index (χ0) is 24.8. The largest absolute Gasteiger partial charge is 0.416 e. The highest BCUT2D eigenvalue weighted by Crippen LogP contribution is 2.30. The number of hydrogen-bond acceptors (Lipinski definition) is 5. The molecule has 6 nitrogen and oxygen atoms in total. The molecule has 34 heavy (non-hydrogen) atoms. The van der Waals surface area contributed by atoms with E-state index in [1.54, 1.807) is 20.0 Å². The predicted molar refractivity (Wildman–Crippen MR) is 129 cm³/mol. The number of aliphatic hydroxyl groups is 1. The van der Waals surface area contributed by atoms with Gasteiger partial charge >= 0.3 is 12.0 Å². The van der Waals surface area contributed by atoms with E-state index < -0.39 is 17.3 Å². The molecular formula is C25H31F3N5O+. The Hall–Kier alpha value is -3.03. The molecule has 0 amide bonds. The quantitative estimate of drug-likeness (QED) is 0.647. The van der Waals surface area contributed by atoms with E-state index in [1.165, 1.54) is 12.1 Å². The summed E-state index contributed by atoms with van der Waals surface area (Å²) in [6.07, 6.45) is -2.66. The van der Waals surface area contributed by atoms with Crippen molar-refractivity contribution in [1.29, 1.82) is 0 Å². The van der Waals surface area contributed by atoms with Crippen LogP contribution >= 0.6 is 0 Å². The Labute approximate surface area is 197 Å². The van der Waals surface area contributed by atoms with Crippen LogP contribution in [-0.2, 0) is 6.18 Å². The van der Waals surface area contributed by atoms with Crippen molar-refractivity contribution in [2.75, 3.05) is 26.2 Å². The molecule has 3 aliphatic rings. The third kappa shape index (κ3) is 4.63. The van der Waals surface area contributed by atoms with Crippen LogP contribution in [0.25, 0.3) is 0 Å². The lowest BCUT2D eigenvalue weighted by atomic mass is 9.99. The molecule has 0 spiro atoms. The third-order valence-corrected chi connectivity index (χ3v) is 6.65. The first kappa shape index (κ1) is 24.1. The second-order valence-electron chi connectivity index (χ2n) is 9.60. The van der Waals surface area contributed by atoms with Crippen LogP contribution in [0.3, 0.4) is 0 Å². The topological polar surface area (TPSA) is 65.2 Å². The molecule has 0 radical (unpaired) electrons. The van der Waals surface area contributed by atoms with Gasteiger partial charge in [0.1, 0.15) is 18.9 Å². The van der Waals surface area contributed by atoms with Crippen LogP contribution in [0.4, 0.5) is 13.2 Å². The van der Waals surface area contributed by atoms with E-state index in [2.05, 4.69) is 27.0 Å². The minimum Gasteiger partial charge on any atom is -0.384 e. The maximum Gasteiger partial charge on any atom is 0.416 e. The Balaban J connectivity index is 1.53. The van der Waals surface area contributed by atoms with Gasteiger partial charge in [-0.2, -0.15) is 13.2 Å². The number of amidine groups is 2. The average Bonchev–Trinajstić information content (AvgIpc) is 3.07. The second kappa shape index (κ2) is 8.64. The molecule has 1 atom stereocenters. The van der Waals surface area contributed by atoms with E-state index in [-0.39, 0.29) is 6.04 Å². The standard InChI is InChI=1S/C25H31F3N5O/c1-15-14-32(10-11-33(15)21-13-29-20(12-30-21)24(4,5)34)23-17(3)16(2)22(31-23)18-6-8-19(9-7-18)25(26,27)28/h6-9,12,15,29,34H,10-11,13-14H2,1-5H3/q+1/t15-/m1/s1. The van der Waals surface area contributed by atoms with Crippen molar-refractivity contribution in [2.45, 2.75) is 52.4 Å². The highest BCUT2D eigenvalue weighted by molar-refractivity contribution is 6.22. The van der Waals surface area contributed by atoms with Crippen molar-refractivity contribution in [2.24, 2.45) is 4.99 Å². The van der Waals surface area contributed by atoms with Gasteiger partial charge in [0, 0.05) is 11.1 Å². The van der Waals surface area contributed by atoms with Crippen LogP contribution in [0, 0.1) is 0 Å². The summed E-state index contributed by atoms with van der Waals surface area (Å²) in [5, 5.41) is 13.4. The number of hydrogen-bond donors (Lipinski definition) is 2. The van der Waals surface area contributed by atoms with Crippen molar-refractivity contribution in [1.82, 2.24) is 19.8 Å². The van der Waals surface area contributed by atoms with E-state index in [0.717, 1.165) is 60.3 Å². The molecule has 3 heterocycles. The van der Waals surface area contributed by atoms with Crippen LogP contribution in [0.2, 0.25) is 0 Å². The van der Waals surface area contributed by atoms with Gasteiger partial charge in [-0.25, -0.2) is 14.6 Å². The monoisotopic (exact) mass is 474 g/mol. The number of rotatable bonds is 2. The summed E-state index contributed by atoms with van der Waals surface area (Å²) in [6.45, 7) is 12.4. The van der Waals surface area contributed by atoms with Crippen molar-refractivity contribution in [3.63, 3.8) is 0 Å². The summed E-state index contributed by atoms with van der Waals surface area (Å²) in [4.78, 5) is 9.10. The zero-order valence-electron chi connectivity index (χ0n) is 20.2. The van der Waals surface area contributed by atoms with Gasteiger partial charge in [-0.3, -0.25) is 0 Å². The van der Waals surface area contributed by atoms with E-state index in [1.807, 2.05) is 13.8 Å². The lowest BCUT2D eigenvalue weighted by molar-refractivity contribution is -0.137. The number of aliphatic imine (C=N–C) groups is 1. The average molecular weight is 475 g/mol. The Morgan fingerprint density at radius 1 is 1.09 bits per heavy atom. The molecular weight excluding hydrogens is 443 g/mol. The number of halogens is 3. The molecule has 182 valence electrons. The molecule has 1 aromatic carbocycles. The summed E-state index contributed by atoms with van der Waals surface area (Å²) in [6, 6.07) is 5.39. The van der Waals surface area contributed by atoms with Gasteiger partial charge in [-0.15, -0.1) is 0 Å². The zero-order valence-corrected chi connectivity index (χ0v) is 20.2. The molecule has 4 rings (SSSR count). The molecule has 1 fully saturated rings. The molecule has 1 saturated heterocycles. The van der Waals surface area contributed by atoms with Crippen molar-refractivity contribution >= 4 is 17.4 Å². The molecule has 0 unspecified atom stereocenters. The number of nitrogens with zero attached hydrogens (tertiary/aromatic N) is 4. The Bertz CT molecular complexity index is 1130. The summed E-state index contributed by atoms with van der Waals surface area (Å²) < 4.78 is 43.7. The Morgan fingerprint density at radius 3 is 2.29 bits per heavy atom. The first-order chi connectivity index (χ1) is 15.9. The molecule has 0 saturated carbocycles. The highest BCUT2D eigenvalue weighted by Gasteiger charge is 2.38. The Kier molecular flexibility index (Phi) is 6.12. The molecule has 2 N–H and O–H groups in total. The molecule has 9 heteroatoms. The molecule has 3 aliphatic heterocycles. The van der Waals surface area contributed by atoms with Crippen LogP contribution in [0.5, 0.6) is 0 Å². The maximum atomic E-state index is 12.9. The van der Waals surface area contributed by atoms with Crippen molar-refractivity contribution in [3.05, 3.63) is 58.4 Å². The smallest absolute Gasteiger partial charge is 0.384 e. The summed E-state index contributed by atoms with van der Waals surface area (Å²) in [5.74, 6) is 1.82. The first-order valence-corrected chi connectivity index (χ1v) is 11.4. The van der Waals surface area contributed by atoms with Crippen molar-refractivity contribution in [3.8, 4) is 0 Å². The highest BCUT2D eigenvalue weighted by atomic mass is 19.4. The molecule has 0 bridgehead atoms. The lowest BCUT2D eigenvalue weighted by Gasteiger charge is -2.39. The SMILES string of the molecule is CC1=C(C)C(N2CCN(C3=NC=C(C(C)(C)O)NC3)[C@H](C)C2)=[N+]=C1c1ccc(C(F)(F)F)cc1. The normalized spacial score (nSPS) is 21.7. The van der Waals surface area contributed by atoms with Gasteiger partial charge in [0.05, 0.1) is 47.8 Å². The maximum absolute atomic E-state index is 12.9. The van der Waals surface area contributed by atoms with Gasteiger partial charge in [-0.1, -0.05) is 0 Å². The fraction of sp³-hybridized carbons (Fsp3) is 0.480.